The number of hydrogen-bond acceptors (Lipinski definition) is 3. The van der Waals surface area contributed by atoms with Crippen molar-refractivity contribution < 1.29 is 13.2 Å². The summed E-state index contributed by atoms with van der Waals surface area (Å²) < 4.78 is 35.8. The lowest BCUT2D eigenvalue weighted by Crippen LogP contribution is -2.46. The van der Waals surface area contributed by atoms with Crippen molar-refractivity contribution in [3.8, 4) is 0 Å². The molecule has 15 heavy (non-hydrogen) atoms. The van der Waals surface area contributed by atoms with Crippen molar-refractivity contribution in [3.05, 3.63) is 0 Å². The number of nitrogens with one attached hydrogen (secondary N) is 1. The second-order valence-electron chi connectivity index (χ2n) is 3.94. The normalized spacial score (nSPS) is 23.0. The van der Waals surface area contributed by atoms with Crippen molar-refractivity contribution in [2.24, 2.45) is 0 Å². The maximum atomic E-state index is 11.9. The molecule has 1 saturated heterocycles. The first-order valence-corrected chi connectivity index (χ1v) is 5.62. The van der Waals surface area contributed by atoms with E-state index >= 15 is 0 Å². The minimum atomic E-state index is -4.10. The number of alkyl halides is 3. The Morgan fingerprint density at radius 3 is 2.33 bits per heavy atom. The minimum Gasteiger partial charge on any atom is -0.306 e. The molecular formula is C9H17F3N2S. The lowest BCUT2D eigenvalue weighted by molar-refractivity contribution is -0.126. The zero-order valence-electron chi connectivity index (χ0n) is 8.72. The van der Waals surface area contributed by atoms with E-state index in [1.54, 1.807) is 0 Å². The molecule has 1 unspecified atom stereocenters. The van der Waals surface area contributed by atoms with Crippen molar-refractivity contribution in [2.75, 3.05) is 19.6 Å². The van der Waals surface area contributed by atoms with Crippen LogP contribution in [-0.4, -0.2) is 42.1 Å². The van der Waals surface area contributed by atoms with Crippen molar-refractivity contribution in [3.63, 3.8) is 0 Å². The van der Waals surface area contributed by atoms with Gasteiger partial charge in [-0.25, -0.2) is 0 Å². The first-order chi connectivity index (χ1) is 6.88. The molecule has 1 aliphatic heterocycles. The van der Waals surface area contributed by atoms with Crippen molar-refractivity contribution in [2.45, 2.75) is 37.4 Å². The van der Waals surface area contributed by atoms with Crippen LogP contribution in [0.1, 0.15) is 19.8 Å². The fourth-order valence-corrected chi connectivity index (χ4v) is 1.97. The summed E-state index contributed by atoms with van der Waals surface area (Å²) >= 11 is 4.29. The van der Waals surface area contributed by atoms with Crippen LogP contribution in [0.3, 0.4) is 0 Å². The minimum absolute atomic E-state index is 0.00467. The molecule has 1 aliphatic rings. The number of nitrogens with zero attached hydrogens (tertiary/aromatic N) is 1. The van der Waals surface area contributed by atoms with Crippen LogP contribution in [0.2, 0.25) is 0 Å². The largest absolute Gasteiger partial charge is 0.401 e. The van der Waals surface area contributed by atoms with E-state index in [0.29, 0.717) is 0 Å². The first-order valence-electron chi connectivity index (χ1n) is 5.11. The third-order valence-corrected chi connectivity index (χ3v) is 2.98. The van der Waals surface area contributed by atoms with E-state index in [4.69, 9.17) is 0 Å². The molecule has 2 nitrogen and oxygen atoms in total. The van der Waals surface area contributed by atoms with Gasteiger partial charge in [-0.2, -0.15) is 25.8 Å². The van der Waals surface area contributed by atoms with Crippen LogP contribution < -0.4 is 5.32 Å². The maximum Gasteiger partial charge on any atom is 0.401 e. The van der Waals surface area contributed by atoms with Gasteiger partial charge in [0.2, 0.25) is 0 Å². The van der Waals surface area contributed by atoms with Gasteiger partial charge in [0.05, 0.1) is 6.54 Å². The van der Waals surface area contributed by atoms with Gasteiger partial charge in [0.1, 0.15) is 0 Å². The van der Waals surface area contributed by atoms with Crippen molar-refractivity contribution in [1.82, 2.24) is 10.2 Å². The Bertz CT molecular complexity index is 188. The monoisotopic (exact) mass is 242 g/mol. The molecule has 0 aromatic carbocycles. The van der Waals surface area contributed by atoms with Gasteiger partial charge in [-0.15, -0.1) is 0 Å². The summed E-state index contributed by atoms with van der Waals surface area (Å²) in [6.45, 7) is 2.74. The second-order valence-corrected chi connectivity index (χ2v) is 4.69. The zero-order valence-corrected chi connectivity index (χ0v) is 9.61. The van der Waals surface area contributed by atoms with Crippen molar-refractivity contribution >= 4 is 12.6 Å². The zero-order chi connectivity index (χ0) is 11.5. The molecule has 0 bridgehead atoms. The van der Waals surface area contributed by atoms with Gasteiger partial charge in [-0.3, -0.25) is 4.90 Å². The highest BCUT2D eigenvalue weighted by molar-refractivity contribution is 7.80. The van der Waals surface area contributed by atoms with Gasteiger partial charge in [-0.1, -0.05) is 0 Å². The fraction of sp³-hybridized carbons (Fsp3) is 1.00. The second kappa shape index (κ2) is 5.41. The molecule has 1 rings (SSSR count). The number of thiol groups is 1. The number of hydrogen-bond donors (Lipinski definition) is 2. The molecular weight excluding hydrogens is 225 g/mol. The lowest BCUT2D eigenvalue weighted by Gasteiger charge is -2.34. The fourth-order valence-electron chi connectivity index (χ4n) is 1.74. The molecule has 0 radical (unpaired) electrons. The molecule has 1 heterocycles. The van der Waals surface area contributed by atoms with Crippen LogP contribution in [0.4, 0.5) is 13.2 Å². The number of halogens is 3. The number of rotatable bonds is 3. The molecule has 0 aromatic heterocycles. The third-order valence-electron chi connectivity index (χ3n) is 2.65. The van der Waals surface area contributed by atoms with Gasteiger partial charge in [0, 0.05) is 24.5 Å². The Morgan fingerprint density at radius 2 is 1.93 bits per heavy atom. The maximum absolute atomic E-state index is 11.9. The van der Waals surface area contributed by atoms with E-state index in [2.05, 4.69) is 22.8 Å². The third kappa shape index (κ3) is 5.08. The van der Waals surface area contributed by atoms with Gasteiger partial charge in [0.25, 0.3) is 0 Å². The molecule has 1 atom stereocenters. The van der Waals surface area contributed by atoms with E-state index in [-0.39, 0.29) is 11.4 Å². The van der Waals surface area contributed by atoms with E-state index in [9.17, 15) is 13.2 Å². The summed E-state index contributed by atoms with van der Waals surface area (Å²) in [5.41, 5.74) is 0. The molecule has 6 heteroatoms. The Balaban J connectivity index is 2.20. The van der Waals surface area contributed by atoms with E-state index in [0.717, 1.165) is 25.9 Å². The standard InChI is InChI=1S/C9H17F3N2S/c1-7(15)14-4-2-8(3-5-14)13-6-9(10,11)12/h7-8,13,15H,2-6H2,1H3. The molecule has 1 N–H and O–H groups in total. The van der Waals surface area contributed by atoms with Gasteiger partial charge in [-0.05, 0) is 19.8 Å². The predicted molar refractivity (Wildman–Crippen MR) is 57.1 cm³/mol. The summed E-state index contributed by atoms with van der Waals surface area (Å²) in [5.74, 6) is 0. The van der Waals surface area contributed by atoms with Crippen molar-refractivity contribution in [1.29, 1.82) is 0 Å². The summed E-state index contributed by atoms with van der Waals surface area (Å²) in [4.78, 5) is 2.16. The van der Waals surface area contributed by atoms with Gasteiger partial charge >= 0.3 is 6.18 Å². The van der Waals surface area contributed by atoms with Gasteiger partial charge < -0.3 is 5.32 Å². The van der Waals surface area contributed by atoms with Crippen LogP contribution in [0.15, 0.2) is 0 Å². The highest BCUT2D eigenvalue weighted by Gasteiger charge is 2.29. The smallest absolute Gasteiger partial charge is 0.306 e. The van der Waals surface area contributed by atoms with Crippen LogP contribution in [0.5, 0.6) is 0 Å². The highest BCUT2D eigenvalue weighted by atomic mass is 32.1. The predicted octanol–water partition coefficient (Wildman–Crippen LogP) is 1.88. The van der Waals surface area contributed by atoms with Crippen LogP contribution in [0.25, 0.3) is 0 Å². The summed E-state index contributed by atoms with van der Waals surface area (Å²) in [6, 6.07) is -0.00467. The average molecular weight is 242 g/mol. The van der Waals surface area contributed by atoms with E-state index in [1.807, 2.05) is 6.92 Å². The van der Waals surface area contributed by atoms with Gasteiger partial charge in [0.15, 0.2) is 0 Å². The average Bonchev–Trinajstić information content (AvgIpc) is 2.14. The molecule has 0 amide bonds. The van der Waals surface area contributed by atoms with E-state index < -0.39 is 12.7 Å². The Kier molecular flexibility index (Phi) is 4.73. The molecule has 90 valence electrons. The molecule has 0 spiro atoms. The summed E-state index contributed by atoms with van der Waals surface area (Å²) in [7, 11) is 0. The van der Waals surface area contributed by atoms with Crippen LogP contribution in [0, 0.1) is 0 Å². The van der Waals surface area contributed by atoms with E-state index in [1.165, 1.54) is 0 Å². The highest BCUT2D eigenvalue weighted by Crippen LogP contribution is 2.17. The van der Waals surface area contributed by atoms with Crippen LogP contribution in [-0.2, 0) is 0 Å². The quantitative estimate of drug-likeness (QED) is 0.735. The molecule has 0 aliphatic carbocycles. The molecule has 0 aromatic rings. The van der Waals surface area contributed by atoms with Crippen LogP contribution >= 0.6 is 12.6 Å². The molecule has 0 saturated carbocycles. The Labute approximate surface area is 93.6 Å². The number of piperidine rings is 1. The molecule has 1 fully saturated rings. The lowest BCUT2D eigenvalue weighted by atomic mass is 10.1. The first kappa shape index (κ1) is 13.1. The summed E-state index contributed by atoms with van der Waals surface area (Å²) in [6.07, 6.45) is -2.57. The topological polar surface area (TPSA) is 15.3 Å². The Morgan fingerprint density at radius 1 is 1.40 bits per heavy atom. The summed E-state index contributed by atoms with van der Waals surface area (Å²) in [5, 5.41) is 2.73. The SMILES string of the molecule is CC(S)N1CCC(NCC(F)(F)F)CC1. The number of likely N-dealkylation sites (tertiary alicyclic amines) is 1. The Hall–Kier alpha value is 0.0600.